The minimum atomic E-state index is -2.21. The van der Waals surface area contributed by atoms with Gasteiger partial charge in [0, 0.05) is 13.0 Å². The van der Waals surface area contributed by atoms with Crippen molar-refractivity contribution in [2.24, 2.45) is 0 Å². The zero-order chi connectivity index (χ0) is 10.3. The van der Waals surface area contributed by atoms with Crippen molar-refractivity contribution in [3.63, 3.8) is 0 Å². The van der Waals surface area contributed by atoms with Gasteiger partial charge in [0.05, 0.1) is 18.3 Å². The third-order valence-electron chi connectivity index (χ3n) is 3.79. The zero-order valence-corrected chi connectivity index (χ0v) is 10.4. The van der Waals surface area contributed by atoms with Crippen LogP contribution < -0.4 is 0 Å². The summed E-state index contributed by atoms with van der Waals surface area (Å²) in [5.74, 6) is 0. The molecule has 0 aromatic rings. The van der Waals surface area contributed by atoms with E-state index in [0.29, 0.717) is 18.3 Å². The van der Waals surface area contributed by atoms with Gasteiger partial charge in [-0.05, 0) is 12.8 Å². The second kappa shape index (κ2) is 3.84. The van der Waals surface area contributed by atoms with Gasteiger partial charge in [0.2, 0.25) is 0 Å². The normalized spacial score (nSPS) is 50.6. The largest absolute Gasteiger partial charge is 0.498 e. The fourth-order valence-corrected chi connectivity index (χ4v) is 5.69. The summed E-state index contributed by atoms with van der Waals surface area (Å²) < 4.78 is 18.0. The van der Waals surface area contributed by atoms with Crippen molar-refractivity contribution < 1.29 is 13.3 Å². The molecule has 3 bridgehead atoms. The highest BCUT2D eigenvalue weighted by Gasteiger charge is 2.55. The van der Waals surface area contributed by atoms with Crippen LogP contribution in [-0.4, -0.2) is 27.1 Å². The van der Waals surface area contributed by atoms with E-state index < -0.39 is 8.80 Å². The summed E-state index contributed by atoms with van der Waals surface area (Å²) in [7, 11) is -2.21. The van der Waals surface area contributed by atoms with Gasteiger partial charge in [-0.2, -0.15) is 0 Å². The minimum Gasteiger partial charge on any atom is -0.370 e. The summed E-state index contributed by atoms with van der Waals surface area (Å²) in [4.78, 5) is 0. The molecule has 0 N–H and O–H groups in total. The summed E-state index contributed by atoms with van der Waals surface area (Å²) in [6.07, 6.45) is 9.85. The van der Waals surface area contributed by atoms with E-state index >= 15 is 0 Å². The van der Waals surface area contributed by atoms with E-state index in [1.54, 1.807) is 0 Å². The molecule has 0 aromatic heterocycles. The maximum Gasteiger partial charge on any atom is 0.498 e. The molecular formula is C11H20O3Si. The number of hydrogen-bond donors (Lipinski definition) is 0. The Balaban J connectivity index is 1.78. The molecule has 4 heteroatoms. The van der Waals surface area contributed by atoms with Crippen LogP contribution in [-0.2, 0) is 13.3 Å². The molecule has 1 aliphatic carbocycles. The second-order valence-corrected chi connectivity index (χ2v) is 7.57. The Bertz CT molecular complexity index is 244. The first-order valence-electron chi connectivity index (χ1n) is 6.29. The summed E-state index contributed by atoms with van der Waals surface area (Å²) in [5.41, 5.74) is 0. The van der Waals surface area contributed by atoms with Gasteiger partial charge in [-0.3, -0.25) is 0 Å². The van der Waals surface area contributed by atoms with E-state index in [4.69, 9.17) is 13.3 Å². The third kappa shape index (κ3) is 2.00. The fourth-order valence-electron chi connectivity index (χ4n) is 3.09. The maximum atomic E-state index is 6.03. The molecule has 4 atom stereocenters. The average Bonchev–Trinajstić information content (AvgIpc) is 2.40. The Kier molecular flexibility index (Phi) is 2.63. The van der Waals surface area contributed by atoms with Crippen LogP contribution in [0.2, 0.25) is 6.55 Å². The molecule has 0 amide bonds. The Morgan fingerprint density at radius 2 is 1.60 bits per heavy atom. The van der Waals surface area contributed by atoms with Gasteiger partial charge in [-0.25, -0.2) is 0 Å². The van der Waals surface area contributed by atoms with E-state index in [9.17, 15) is 0 Å². The molecule has 0 radical (unpaired) electrons. The Labute approximate surface area is 92.5 Å². The van der Waals surface area contributed by atoms with E-state index in [0.717, 1.165) is 6.42 Å². The molecule has 3 aliphatic rings. The van der Waals surface area contributed by atoms with Gasteiger partial charge in [0.25, 0.3) is 0 Å². The SMILES string of the molecule is C[Si]12OC3CCCCCCC(O1)C(C3)O2. The molecule has 3 nitrogen and oxygen atoms in total. The van der Waals surface area contributed by atoms with Gasteiger partial charge in [-0.1, -0.05) is 25.7 Å². The van der Waals surface area contributed by atoms with E-state index in [1.165, 1.54) is 38.5 Å². The van der Waals surface area contributed by atoms with Crippen molar-refractivity contribution in [3.05, 3.63) is 0 Å². The quantitative estimate of drug-likeness (QED) is 0.596. The van der Waals surface area contributed by atoms with Crippen molar-refractivity contribution in [1.29, 1.82) is 0 Å². The first-order valence-corrected chi connectivity index (χ1v) is 8.51. The molecular weight excluding hydrogens is 208 g/mol. The summed E-state index contributed by atoms with van der Waals surface area (Å²) in [6, 6.07) is 0. The van der Waals surface area contributed by atoms with Crippen LogP contribution in [0.3, 0.4) is 0 Å². The van der Waals surface area contributed by atoms with Gasteiger partial charge < -0.3 is 13.3 Å². The topological polar surface area (TPSA) is 27.7 Å². The highest BCUT2D eigenvalue weighted by Crippen LogP contribution is 2.39. The summed E-state index contributed by atoms with van der Waals surface area (Å²) in [6.45, 7) is 2.06. The van der Waals surface area contributed by atoms with E-state index in [2.05, 4.69) is 6.55 Å². The molecule has 0 aromatic carbocycles. The highest BCUT2D eigenvalue weighted by atomic mass is 28.4. The standard InChI is InChI=1S/C11H20O3Si/c1-15-12-9-6-4-2-3-5-7-10(13-15)11(8-9)14-15/h9-11H,2-8H2,1H3. The van der Waals surface area contributed by atoms with Crippen molar-refractivity contribution in [2.45, 2.75) is 69.8 Å². The van der Waals surface area contributed by atoms with E-state index in [-0.39, 0.29) is 0 Å². The fraction of sp³-hybridized carbons (Fsp3) is 1.00. The van der Waals surface area contributed by atoms with Crippen LogP contribution in [0.1, 0.15) is 44.9 Å². The van der Waals surface area contributed by atoms with Crippen LogP contribution in [0, 0.1) is 0 Å². The second-order valence-electron chi connectivity index (χ2n) is 5.14. The van der Waals surface area contributed by atoms with Gasteiger partial charge in [0.15, 0.2) is 0 Å². The Morgan fingerprint density at radius 1 is 0.867 bits per heavy atom. The third-order valence-corrected chi connectivity index (χ3v) is 6.01. The molecule has 2 aliphatic heterocycles. The Hall–Kier alpha value is 0.0969. The van der Waals surface area contributed by atoms with E-state index in [1.807, 2.05) is 0 Å². The first kappa shape index (κ1) is 10.3. The van der Waals surface area contributed by atoms with Crippen molar-refractivity contribution in [2.75, 3.05) is 0 Å². The zero-order valence-electron chi connectivity index (χ0n) is 9.41. The van der Waals surface area contributed by atoms with Crippen molar-refractivity contribution >= 4 is 8.80 Å². The highest BCUT2D eigenvalue weighted by molar-refractivity contribution is 6.60. The summed E-state index contributed by atoms with van der Waals surface area (Å²) in [5, 5.41) is 0. The average molecular weight is 228 g/mol. The van der Waals surface area contributed by atoms with Crippen molar-refractivity contribution in [1.82, 2.24) is 0 Å². The summed E-state index contributed by atoms with van der Waals surface area (Å²) >= 11 is 0. The smallest absolute Gasteiger partial charge is 0.370 e. The molecule has 15 heavy (non-hydrogen) atoms. The van der Waals surface area contributed by atoms with Crippen LogP contribution >= 0.6 is 0 Å². The monoisotopic (exact) mass is 228 g/mol. The molecule has 86 valence electrons. The lowest BCUT2D eigenvalue weighted by Crippen LogP contribution is -2.45. The van der Waals surface area contributed by atoms with Crippen LogP contribution in [0.15, 0.2) is 0 Å². The lowest BCUT2D eigenvalue weighted by Gasteiger charge is -2.32. The van der Waals surface area contributed by atoms with Gasteiger partial charge >= 0.3 is 8.80 Å². The molecule has 1 saturated carbocycles. The molecule has 0 spiro atoms. The van der Waals surface area contributed by atoms with Crippen LogP contribution in [0.25, 0.3) is 0 Å². The molecule has 2 saturated heterocycles. The number of hydrogen-bond acceptors (Lipinski definition) is 3. The molecule has 3 fully saturated rings. The molecule has 2 heterocycles. The Morgan fingerprint density at radius 3 is 2.47 bits per heavy atom. The molecule has 3 rings (SSSR count). The van der Waals surface area contributed by atoms with Gasteiger partial charge in [-0.15, -0.1) is 0 Å². The van der Waals surface area contributed by atoms with Crippen LogP contribution in [0.4, 0.5) is 0 Å². The van der Waals surface area contributed by atoms with Crippen molar-refractivity contribution in [3.8, 4) is 0 Å². The van der Waals surface area contributed by atoms with Gasteiger partial charge in [0.1, 0.15) is 0 Å². The maximum absolute atomic E-state index is 6.03. The first-order chi connectivity index (χ1) is 7.25. The number of rotatable bonds is 0. The predicted molar refractivity (Wildman–Crippen MR) is 58.6 cm³/mol. The lowest BCUT2D eigenvalue weighted by molar-refractivity contribution is 0.0116. The number of fused-ring (bicyclic) bond motifs is 2. The van der Waals surface area contributed by atoms with Crippen LogP contribution in [0.5, 0.6) is 0 Å². The lowest BCUT2D eigenvalue weighted by atomic mass is 9.95. The predicted octanol–water partition coefficient (Wildman–Crippen LogP) is 2.48. The molecule has 4 unspecified atom stereocenters. The minimum absolute atomic E-state index is 0.338.